The maximum absolute atomic E-state index is 12.8. The molecule has 77 heavy (non-hydrogen) atoms. The molecule has 6 aromatic rings. The molecule has 25 heteroatoms. The molecule has 412 valence electrons. The van der Waals surface area contributed by atoms with Gasteiger partial charge in [0.05, 0.1) is 42.7 Å². The normalized spacial score (nSPS) is 15.3. The predicted octanol–water partition coefficient (Wildman–Crippen LogP) is 7.48. The zero-order chi connectivity index (χ0) is 55.5. The smallest absolute Gasteiger partial charge is 0.411 e. The van der Waals surface area contributed by atoms with Gasteiger partial charge in [-0.25, -0.2) is 34.3 Å². The summed E-state index contributed by atoms with van der Waals surface area (Å²) in [6.45, 7) is 16.7. The Morgan fingerprint density at radius 2 is 1.12 bits per heavy atom. The van der Waals surface area contributed by atoms with Crippen LogP contribution in [0.25, 0.3) is 20.9 Å². The number of anilines is 4. The molecule has 8 rings (SSSR count). The quantitative estimate of drug-likeness (QED) is 0.0623. The number of carbonyl (C=O) groups excluding carboxylic acids is 3. The van der Waals surface area contributed by atoms with Crippen molar-refractivity contribution in [1.29, 1.82) is 0 Å². The van der Waals surface area contributed by atoms with Crippen LogP contribution in [0.15, 0.2) is 85.2 Å². The Morgan fingerprint density at radius 3 is 1.56 bits per heavy atom. The third kappa shape index (κ3) is 19.2. The number of aliphatic carboxylic acids is 1. The second-order valence-corrected chi connectivity index (χ2v) is 21.0. The fourth-order valence-corrected chi connectivity index (χ4v) is 8.69. The number of nitrogens with two attached hydrogens (primary N) is 1. The first-order valence-electron chi connectivity index (χ1n) is 24.6. The van der Waals surface area contributed by atoms with E-state index in [1.807, 2.05) is 67.8 Å². The van der Waals surface area contributed by atoms with E-state index in [0.717, 1.165) is 26.0 Å². The van der Waals surface area contributed by atoms with Gasteiger partial charge in [-0.1, -0.05) is 83.3 Å². The first kappa shape index (κ1) is 58.7. The second-order valence-electron chi connectivity index (χ2n) is 19.0. The first-order valence-corrected chi connectivity index (χ1v) is 26.3. The van der Waals surface area contributed by atoms with Crippen molar-refractivity contribution in [3.63, 3.8) is 0 Å². The van der Waals surface area contributed by atoms with E-state index in [0.29, 0.717) is 66.5 Å². The summed E-state index contributed by atoms with van der Waals surface area (Å²) in [5, 5.41) is 19.6. The maximum Gasteiger partial charge on any atom is 0.411 e. The summed E-state index contributed by atoms with van der Waals surface area (Å²) in [6.07, 6.45) is 2.52. The molecule has 2 aliphatic heterocycles. The van der Waals surface area contributed by atoms with E-state index in [1.165, 1.54) is 21.1 Å². The second kappa shape index (κ2) is 28.0. The van der Waals surface area contributed by atoms with Gasteiger partial charge in [-0.15, -0.1) is 0 Å². The van der Waals surface area contributed by atoms with Crippen LogP contribution in [-0.2, 0) is 28.5 Å². The molecule has 23 nitrogen and oxygen atoms in total. The van der Waals surface area contributed by atoms with Crippen LogP contribution in [0, 0.1) is 13.8 Å². The summed E-state index contributed by atoms with van der Waals surface area (Å²) in [7, 11) is 0. The number of carboxylic acids is 1. The Hall–Kier alpha value is -7.58. The molecule has 2 saturated heterocycles. The predicted molar refractivity (Wildman–Crippen MR) is 291 cm³/mol. The van der Waals surface area contributed by atoms with Gasteiger partial charge in [-0.2, -0.15) is 9.97 Å². The van der Waals surface area contributed by atoms with Crippen molar-refractivity contribution in [3.05, 3.63) is 96.8 Å². The number of benzene rings is 2. The lowest BCUT2D eigenvalue weighted by atomic mass is 10.2. The summed E-state index contributed by atoms with van der Waals surface area (Å²) in [6, 6.07) is 21.9. The van der Waals surface area contributed by atoms with Crippen LogP contribution in [0.5, 0.6) is 11.8 Å². The maximum atomic E-state index is 12.8. The molecule has 0 bridgehead atoms. The molecule has 0 unspecified atom stereocenters. The summed E-state index contributed by atoms with van der Waals surface area (Å²) in [5.41, 5.74) is 6.40. The topological polar surface area (TPSA) is 290 Å². The molecule has 6 N–H and O–H groups in total. The molecule has 0 spiro atoms. The minimum absolute atomic E-state index is 0.00851. The van der Waals surface area contributed by atoms with E-state index in [-0.39, 0.29) is 45.4 Å². The third-order valence-electron chi connectivity index (χ3n) is 10.3. The molecule has 0 saturated carbocycles. The highest BCUT2D eigenvalue weighted by molar-refractivity contribution is 7.19. The zero-order valence-corrected chi connectivity index (χ0v) is 45.9. The molecular formula is C52H66N12O11S2. The summed E-state index contributed by atoms with van der Waals surface area (Å²) in [4.78, 5) is 78.8. The van der Waals surface area contributed by atoms with Crippen LogP contribution < -0.4 is 31.2 Å². The monoisotopic (exact) mass is 1100 g/mol. The van der Waals surface area contributed by atoms with Gasteiger partial charge in [0.2, 0.25) is 17.7 Å². The Kier molecular flexibility index (Phi) is 21.3. The molecule has 3 amide bonds. The van der Waals surface area contributed by atoms with Crippen LogP contribution in [0.4, 0.5) is 31.5 Å². The number of aromatic nitrogens is 6. The van der Waals surface area contributed by atoms with Crippen LogP contribution >= 0.6 is 22.7 Å². The fourth-order valence-electron chi connectivity index (χ4n) is 7.03. The van der Waals surface area contributed by atoms with Gasteiger partial charge < -0.3 is 55.2 Å². The minimum Gasteiger partial charge on any atom is -0.480 e. The van der Waals surface area contributed by atoms with E-state index in [9.17, 15) is 19.2 Å². The van der Waals surface area contributed by atoms with E-state index >= 15 is 0 Å². The zero-order valence-electron chi connectivity index (χ0n) is 44.3. The molecular weight excluding hydrogens is 1030 g/mol. The number of aryl methyl sites for hydroxylation is 2. The average molecular weight is 1100 g/mol. The Bertz CT molecular complexity index is 2860. The number of nitrogens with one attached hydrogen (secondary N) is 3. The van der Waals surface area contributed by atoms with E-state index in [2.05, 4.69) is 58.0 Å². The SMILES string of the molecule is CC(C)(C)OC(=O)N1CCOC[C@H]1C(=O)O.Cc1nc(Nc2ncc(-c3ccccc3)s2)cc(OCCN)n1.Cc1nc(Nc2ncc(-c3ccccc3)s2)cc(OCCNC(=O)[C@@H]2COCCN2C(=O)OC(C)(C)C)n1. The van der Waals surface area contributed by atoms with E-state index in [4.69, 9.17) is 39.3 Å². The average Bonchev–Trinajstić information content (AvgIpc) is 4.07. The van der Waals surface area contributed by atoms with Crippen molar-refractivity contribution in [2.45, 2.75) is 78.7 Å². The third-order valence-corrected chi connectivity index (χ3v) is 12.3. The lowest BCUT2D eigenvalue weighted by molar-refractivity contribution is -0.149. The number of hydrogen-bond acceptors (Lipinski definition) is 21. The number of morpholine rings is 2. The number of carboxylic acid groups (broad SMARTS) is 1. The highest BCUT2D eigenvalue weighted by Crippen LogP contribution is 2.32. The number of amides is 3. The van der Waals surface area contributed by atoms with Gasteiger partial charge in [-0.05, 0) is 66.5 Å². The van der Waals surface area contributed by atoms with Crippen molar-refractivity contribution in [2.24, 2.45) is 5.73 Å². The van der Waals surface area contributed by atoms with E-state index < -0.39 is 41.4 Å². The molecule has 2 atom stereocenters. The van der Waals surface area contributed by atoms with Crippen LogP contribution in [0.3, 0.4) is 0 Å². The number of carbonyl (C=O) groups is 4. The lowest BCUT2D eigenvalue weighted by Gasteiger charge is -2.35. The van der Waals surface area contributed by atoms with Crippen molar-refractivity contribution in [3.8, 4) is 32.6 Å². The highest BCUT2D eigenvalue weighted by atomic mass is 32.1. The van der Waals surface area contributed by atoms with Gasteiger partial charge in [-0.3, -0.25) is 14.6 Å². The molecule has 2 aliphatic rings. The number of hydrogen-bond donors (Lipinski definition) is 5. The Balaban J connectivity index is 0.000000208. The van der Waals surface area contributed by atoms with Gasteiger partial charge in [0.1, 0.15) is 53.7 Å². The van der Waals surface area contributed by atoms with E-state index in [1.54, 1.807) is 71.9 Å². The standard InChI is InChI=1S/C26H32N6O5S.C16H17N5OS.C10H17NO5/c1-17-29-21(31-24-28-15-20(38-24)18-8-6-5-7-9-18)14-22(30-17)36-12-10-27-23(33)19-16-35-13-11-32(19)25(34)37-26(2,3)4;1-11-19-14(9-15(20-11)22-8-7-17)21-16-18-10-13(23-16)12-5-3-2-4-6-12;1-10(2,3)16-9(14)11-4-5-15-6-7(11)8(12)13/h5-9,14-15,19H,10-13,16H2,1-4H3,(H,27,33)(H,28,29,30,31);2-6,9-10H,7-8,17H2,1H3,(H,18,19,20,21);7H,4-6H2,1-3H3,(H,12,13)/t19-;;7-/m0.0/s1. The van der Waals surface area contributed by atoms with Gasteiger partial charge in [0, 0.05) is 44.2 Å². The number of ether oxygens (including phenoxy) is 6. The number of nitrogens with zero attached hydrogens (tertiary/aromatic N) is 8. The van der Waals surface area contributed by atoms with Crippen molar-refractivity contribution >= 4 is 68.6 Å². The summed E-state index contributed by atoms with van der Waals surface area (Å²) < 4.78 is 32.2. The van der Waals surface area contributed by atoms with Crippen LogP contribution in [-0.4, -0.2) is 158 Å². The summed E-state index contributed by atoms with van der Waals surface area (Å²) in [5.74, 6) is 1.82. The summed E-state index contributed by atoms with van der Waals surface area (Å²) >= 11 is 3.08. The molecule has 6 heterocycles. The number of rotatable bonds is 15. The fraction of sp³-hybridized carbons (Fsp3) is 0.423. The first-order chi connectivity index (χ1) is 36.7. The van der Waals surface area contributed by atoms with Gasteiger partial charge >= 0.3 is 18.2 Å². The highest BCUT2D eigenvalue weighted by Gasteiger charge is 2.36. The Labute approximate surface area is 454 Å². The van der Waals surface area contributed by atoms with Crippen molar-refractivity contribution in [2.75, 3.05) is 76.5 Å². The molecule has 2 aromatic carbocycles. The van der Waals surface area contributed by atoms with Crippen molar-refractivity contribution in [1.82, 2.24) is 45.0 Å². The van der Waals surface area contributed by atoms with Gasteiger partial charge in [0.15, 0.2) is 16.3 Å². The minimum atomic E-state index is -1.08. The molecule has 2 fully saturated rings. The Morgan fingerprint density at radius 1 is 0.675 bits per heavy atom. The number of thiazole rings is 2. The lowest BCUT2D eigenvalue weighted by Crippen LogP contribution is -2.57. The van der Waals surface area contributed by atoms with Gasteiger partial charge in [0.25, 0.3) is 0 Å². The van der Waals surface area contributed by atoms with Crippen LogP contribution in [0.1, 0.15) is 53.2 Å². The molecule has 0 aliphatic carbocycles. The molecule has 4 aromatic heterocycles. The van der Waals surface area contributed by atoms with Crippen LogP contribution in [0.2, 0.25) is 0 Å². The largest absolute Gasteiger partial charge is 0.480 e. The van der Waals surface area contributed by atoms with Crippen molar-refractivity contribution < 1.29 is 52.7 Å². The molecule has 0 radical (unpaired) electrons.